The van der Waals surface area contributed by atoms with Gasteiger partial charge in [0.25, 0.3) is 0 Å². The van der Waals surface area contributed by atoms with Gasteiger partial charge in [-0.3, -0.25) is 4.79 Å². The van der Waals surface area contributed by atoms with Crippen LogP contribution in [0.15, 0.2) is 12.1 Å². The summed E-state index contributed by atoms with van der Waals surface area (Å²) in [4.78, 5) is 11.2. The van der Waals surface area contributed by atoms with E-state index in [1.165, 1.54) is 14.0 Å². The maximum Gasteiger partial charge on any atom is 0.498 e. The van der Waals surface area contributed by atoms with Gasteiger partial charge in [-0.1, -0.05) is 11.6 Å². The Bertz CT molecular complexity index is 584. The Morgan fingerprint density at radius 3 is 2.14 bits per heavy atom. The fourth-order valence-corrected chi connectivity index (χ4v) is 2.31. The van der Waals surface area contributed by atoms with Crippen LogP contribution in [0.1, 0.15) is 34.6 Å². The molecule has 1 saturated heterocycles. The first-order valence-electron chi connectivity index (χ1n) is 6.99. The largest absolute Gasteiger partial charge is 0.498 e. The van der Waals surface area contributed by atoms with Crippen molar-refractivity contribution in [3.05, 3.63) is 17.2 Å². The zero-order chi connectivity index (χ0) is 16.7. The van der Waals surface area contributed by atoms with Gasteiger partial charge in [0, 0.05) is 18.5 Å². The summed E-state index contributed by atoms with van der Waals surface area (Å²) in [5, 5.41) is 0.285. The SMILES string of the molecule is COc1cc(Cl)c(OC(C)=O)cc1B1OC(C)(C)C(C)(C)O1. The standard InChI is InChI=1S/C15H20BClO5/c1-9(18)20-13-7-10(12(19-6)8-11(13)17)16-21-14(2,3)15(4,5)22-16/h7-8H,1-6H3. The summed E-state index contributed by atoms with van der Waals surface area (Å²) in [5.74, 6) is 0.311. The number of methoxy groups -OCH3 is 1. The number of carbonyl (C=O) groups excluding carboxylic acids is 1. The zero-order valence-corrected chi connectivity index (χ0v) is 14.4. The van der Waals surface area contributed by atoms with E-state index in [1.807, 2.05) is 27.7 Å². The van der Waals surface area contributed by atoms with Gasteiger partial charge in [0.15, 0.2) is 0 Å². The quantitative estimate of drug-likeness (QED) is 0.485. The fraction of sp³-hybridized carbons (Fsp3) is 0.533. The van der Waals surface area contributed by atoms with Gasteiger partial charge in [-0.15, -0.1) is 0 Å². The molecule has 0 N–H and O–H groups in total. The highest BCUT2D eigenvalue weighted by molar-refractivity contribution is 6.63. The normalized spacial score (nSPS) is 19.1. The van der Waals surface area contributed by atoms with Crippen LogP contribution in [0.3, 0.4) is 0 Å². The molecule has 1 aliphatic heterocycles. The first-order valence-corrected chi connectivity index (χ1v) is 7.36. The summed E-state index contributed by atoms with van der Waals surface area (Å²) in [7, 11) is 0.901. The minimum Gasteiger partial charge on any atom is -0.497 e. The molecule has 5 nitrogen and oxygen atoms in total. The highest BCUT2D eigenvalue weighted by atomic mass is 35.5. The Hall–Kier alpha value is -1.24. The Morgan fingerprint density at radius 1 is 1.14 bits per heavy atom. The monoisotopic (exact) mass is 326 g/mol. The van der Waals surface area contributed by atoms with Crippen molar-refractivity contribution < 1.29 is 23.6 Å². The molecule has 2 rings (SSSR count). The fourth-order valence-electron chi connectivity index (χ4n) is 2.11. The number of hydrogen-bond donors (Lipinski definition) is 0. The highest BCUT2D eigenvalue weighted by Gasteiger charge is 2.52. The third-order valence-electron chi connectivity index (χ3n) is 4.05. The van der Waals surface area contributed by atoms with Gasteiger partial charge in [0.1, 0.15) is 11.5 Å². The maximum absolute atomic E-state index is 11.2. The number of carbonyl (C=O) groups is 1. The summed E-state index contributed by atoms with van der Waals surface area (Å²) in [6, 6.07) is 3.20. The molecular weight excluding hydrogens is 306 g/mol. The summed E-state index contributed by atoms with van der Waals surface area (Å²) < 4.78 is 22.5. The molecule has 0 bridgehead atoms. The van der Waals surface area contributed by atoms with Gasteiger partial charge in [0.05, 0.1) is 23.3 Å². The van der Waals surface area contributed by atoms with Crippen molar-refractivity contribution in [2.24, 2.45) is 0 Å². The van der Waals surface area contributed by atoms with Crippen LogP contribution >= 0.6 is 11.6 Å². The molecule has 0 spiro atoms. The molecule has 1 fully saturated rings. The van der Waals surface area contributed by atoms with Crippen molar-refractivity contribution >= 4 is 30.2 Å². The second-order valence-electron chi connectivity index (χ2n) is 6.21. The lowest BCUT2D eigenvalue weighted by molar-refractivity contribution is -0.131. The van der Waals surface area contributed by atoms with E-state index in [2.05, 4.69) is 0 Å². The molecule has 0 amide bonds. The van der Waals surface area contributed by atoms with Crippen molar-refractivity contribution in [3.8, 4) is 11.5 Å². The van der Waals surface area contributed by atoms with E-state index >= 15 is 0 Å². The molecule has 0 aliphatic carbocycles. The van der Waals surface area contributed by atoms with Crippen LogP contribution in [0.2, 0.25) is 5.02 Å². The smallest absolute Gasteiger partial charge is 0.497 e. The number of rotatable bonds is 3. The lowest BCUT2D eigenvalue weighted by Gasteiger charge is -2.32. The van der Waals surface area contributed by atoms with Gasteiger partial charge < -0.3 is 18.8 Å². The lowest BCUT2D eigenvalue weighted by Crippen LogP contribution is -2.41. The number of ether oxygens (including phenoxy) is 2. The minimum absolute atomic E-state index is 0.250. The molecule has 1 heterocycles. The van der Waals surface area contributed by atoms with Crippen LogP contribution in [0, 0.1) is 0 Å². The predicted molar refractivity (Wildman–Crippen MR) is 85.0 cm³/mol. The Labute approximate surface area is 136 Å². The number of halogens is 1. The molecule has 1 aromatic carbocycles. The molecule has 0 radical (unpaired) electrons. The Balaban J connectivity index is 2.44. The maximum atomic E-state index is 11.2. The molecule has 1 aromatic rings. The van der Waals surface area contributed by atoms with E-state index < -0.39 is 24.3 Å². The van der Waals surface area contributed by atoms with Gasteiger partial charge in [-0.25, -0.2) is 0 Å². The van der Waals surface area contributed by atoms with E-state index in [4.69, 9.17) is 30.4 Å². The lowest BCUT2D eigenvalue weighted by atomic mass is 9.78. The molecule has 22 heavy (non-hydrogen) atoms. The number of benzene rings is 1. The second kappa shape index (κ2) is 5.76. The number of esters is 1. The average Bonchev–Trinajstić information content (AvgIpc) is 2.59. The van der Waals surface area contributed by atoms with E-state index in [1.54, 1.807) is 12.1 Å². The van der Waals surface area contributed by atoms with E-state index in [0.717, 1.165) is 0 Å². The van der Waals surface area contributed by atoms with Crippen LogP contribution in [0.5, 0.6) is 11.5 Å². The van der Waals surface area contributed by atoms with E-state index in [9.17, 15) is 4.79 Å². The van der Waals surface area contributed by atoms with Crippen LogP contribution in [0.4, 0.5) is 0 Å². The van der Waals surface area contributed by atoms with Crippen LogP contribution in [0.25, 0.3) is 0 Å². The van der Waals surface area contributed by atoms with Crippen molar-refractivity contribution in [1.82, 2.24) is 0 Å². The first-order chi connectivity index (χ1) is 10.1. The van der Waals surface area contributed by atoms with E-state index in [-0.39, 0.29) is 10.8 Å². The topological polar surface area (TPSA) is 54.0 Å². The summed E-state index contributed by atoms with van der Waals surface area (Å²) in [5.41, 5.74) is -0.338. The molecule has 0 saturated carbocycles. The second-order valence-corrected chi connectivity index (χ2v) is 6.61. The third kappa shape index (κ3) is 3.09. The molecule has 1 aliphatic rings. The molecule has 120 valence electrons. The summed E-state index contributed by atoms with van der Waals surface area (Å²) in [6.45, 7) is 9.16. The number of hydrogen-bond acceptors (Lipinski definition) is 5. The Morgan fingerprint density at radius 2 is 1.68 bits per heavy atom. The van der Waals surface area contributed by atoms with Crippen LogP contribution < -0.4 is 14.9 Å². The third-order valence-corrected chi connectivity index (χ3v) is 4.34. The van der Waals surface area contributed by atoms with Gasteiger partial charge in [-0.05, 0) is 33.8 Å². The summed E-state index contributed by atoms with van der Waals surface area (Å²) >= 11 is 6.10. The van der Waals surface area contributed by atoms with Crippen LogP contribution in [-0.4, -0.2) is 31.4 Å². The first kappa shape index (κ1) is 17.1. The van der Waals surface area contributed by atoms with Crippen molar-refractivity contribution in [2.45, 2.75) is 45.8 Å². The zero-order valence-electron chi connectivity index (χ0n) is 13.7. The van der Waals surface area contributed by atoms with Gasteiger partial charge in [0.2, 0.25) is 0 Å². The molecule has 0 aromatic heterocycles. The summed E-state index contributed by atoms with van der Waals surface area (Å²) in [6.07, 6.45) is 0. The highest BCUT2D eigenvalue weighted by Crippen LogP contribution is 2.38. The van der Waals surface area contributed by atoms with Crippen molar-refractivity contribution in [2.75, 3.05) is 7.11 Å². The van der Waals surface area contributed by atoms with Crippen molar-refractivity contribution in [1.29, 1.82) is 0 Å². The molecule has 0 unspecified atom stereocenters. The molecular formula is C15H20BClO5. The van der Waals surface area contributed by atoms with Gasteiger partial charge >= 0.3 is 13.1 Å². The van der Waals surface area contributed by atoms with Gasteiger partial charge in [-0.2, -0.15) is 0 Å². The van der Waals surface area contributed by atoms with Crippen molar-refractivity contribution in [3.63, 3.8) is 0 Å². The average molecular weight is 327 g/mol. The predicted octanol–water partition coefficient (Wildman–Crippen LogP) is 2.57. The Kier molecular flexibility index (Phi) is 4.48. The minimum atomic E-state index is -0.633. The molecule has 0 atom stereocenters. The van der Waals surface area contributed by atoms with Crippen LogP contribution in [-0.2, 0) is 14.1 Å². The molecule has 7 heteroatoms. The van der Waals surface area contributed by atoms with E-state index in [0.29, 0.717) is 11.2 Å².